The summed E-state index contributed by atoms with van der Waals surface area (Å²) >= 11 is 1.41. The lowest BCUT2D eigenvalue weighted by Gasteiger charge is -2.31. The van der Waals surface area contributed by atoms with Gasteiger partial charge in [-0.05, 0) is 19.8 Å². The summed E-state index contributed by atoms with van der Waals surface area (Å²) in [5.41, 5.74) is 1.68. The van der Waals surface area contributed by atoms with E-state index in [0.717, 1.165) is 4.88 Å². The van der Waals surface area contributed by atoms with Gasteiger partial charge >= 0.3 is 5.97 Å². The Morgan fingerprint density at radius 1 is 1.67 bits per heavy atom. The van der Waals surface area contributed by atoms with Crippen molar-refractivity contribution in [2.75, 3.05) is 6.54 Å². The highest BCUT2D eigenvalue weighted by atomic mass is 32.1. The molecule has 0 spiro atoms. The van der Waals surface area contributed by atoms with E-state index in [2.05, 4.69) is 4.98 Å². The number of amides is 1. The van der Waals surface area contributed by atoms with Crippen LogP contribution in [-0.4, -0.2) is 33.4 Å². The summed E-state index contributed by atoms with van der Waals surface area (Å²) in [4.78, 5) is 30.0. The maximum absolute atomic E-state index is 12.0. The molecule has 2 rings (SSSR count). The SMILES string of the molecule is CCN1C(=O)CCCC(C(=O)O)C1c1cncs1. The van der Waals surface area contributed by atoms with Gasteiger partial charge in [0.2, 0.25) is 5.91 Å². The summed E-state index contributed by atoms with van der Waals surface area (Å²) in [6, 6.07) is -0.366. The molecule has 0 saturated carbocycles. The van der Waals surface area contributed by atoms with Gasteiger partial charge in [0.15, 0.2) is 0 Å². The molecule has 1 aliphatic heterocycles. The summed E-state index contributed by atoms with van der Waals surface area (Å²) in [6.45, 7) is 2.42. The van der Waals surface area contributed by atoms with Crippen LogP contribution in [-0.2, 0) is 9.59 Å². The molecule has 1 amide bonds. The number of hydrogen-bond donors (Lipinski definition) is 1. The molecule has 18 heavy (non-hydrogen) atoms. The van der Waals surface area contributed by atoms with E-state index in [1.807, 2.05) is 6.92 Å². The molecule has 1 aromatic heterocycles. The van der Waals surface area contributed by atoms with E-state index >= 15 is 0 Å². The van der Waals surface area contributed by atoms with Crippen LogP contribution >= 0.6 is 11.3 Å². The second-order valence-corrected chi connectivity index (χ2v) is 5.28. The molecule has 0 bridgehead atoms. The number of aromatic nitrogens is 1. The maximum atomic E-state index is 12.0. The molecule has 1 aromatic rings. The van der Waals surface area contributed by atoms with E-state index in [0.29, 0.717) is 25.8 Å². The molecule has 2 heterocycles. The minimum Gasteiger partial charge on any atom is -0.481 e. The quantitative estimate of drug-likeness (QED) is 0.909. The number of thiazole rings is 1. The Morgan fingerprint density at radius 3 is 3.00 bits per heavy atom. The van der Waals surface area contributed by atoms with Crippen LogP contribution in [0.2, 0.25) is 0 Å². The molecule has 0 aromatic carbocycles. The zero-order valence-corrected chi connectivity index (χ0v) is 11.0. The van der Waals surface area contributed by atoms with E-state index in [1.54, 1.807) is 16.6 Å². The fourth-order valence-corrected chi connectivity index (χ4v) is 3.30. The lowest BCUT2D eigenvalue weighted by Crippen LogP contribution is -2.38. The zero-order valence-electron chi connectivity index (χ0n) is 10.2. The van der Waals surface area contributed by atoms with Crippen molar-refractivity contribution in [2.24, 2.45) is 5.92 Å². The molecular weight excluding hydrogens is 252 g/mol. The third-order valence-corrected chi connectivity index (χ3v) is 4.19. The number of carboxylic acid groups (broad SMARTS) is 1. The van der Waals surface area contributed by atoms with Gasteiger partial charge in [-0.1, -0.05) is 0 Å². The monoisotopic (exact) mass is 268 g/mol. The van der Waals surface area contributed by atoms with Crippen LogP contribution in [0, 0.1) is 5.92 Å². The van der Waals surface area contributed by atoms with Crippen molar-refractivity contribution in [3.63, 3.8) is 0 Å². The first-order valence-electron chi connectivity index (χ1n) is 6.05. The van der Waals surface area contributed by atoms with E-state index in [4.69, 9.17) is 0 Å². The minimum atomic E-state index is -0.832. The Kier molecular flexibility index (Phi) is 3.96. The first-order chi connectivity index (χ1) is 8.65. The van der Waals surface area contributed by atoms with Crippen molar-refractivity contribution in [3.8, 4) is 0 Å². The first kappa shape index (κ1) is 13.0. The normalized spacial score (nSPS) is 24.9. The highest BCUT2D eigenvalue weighted by Crippen LogP contribution is 2.37. The Balaban J connectivity index is 2.40. The standard InChI is InChI=1S/C12H16N2O3S/c1-2-14-10(15)5-3-4-8(12(16)17)11(14)9-6-13-7-18-9/h6-8,11H,2-5H2,1H3,(H,16,17). The largest absolute Gasteiger partial charge is 0.481 e. The van der Waals surface area contributed by atoms with Gasteiger partial charge in [0.25, 0.3) is 0 Å². The number of hydrogen-bond acceptors (Lipinski definition) is 4. The van der Waals surface area contributed by atoms with Crippen LogP contribution in [0.15, 0.2) is 11.7 Å². The van der Waals surface area contributed by atoms with Gasteiger partial charge < -0.3 is 10.0 Å². The third kappa shape index (κ3) is 2.38. The second-order valence-electron chi connectivity index (χ2n) is 4.37. The van der Waals surface area contributed by atoms with E-state index in [9.17, 15) is 14.7 Å². The van der Waals surface area contributed by atoms with Crippen LogP contribution in [0.25, 0.3) is 0 Å². The fraction of sp³-hybridized carbons (Fsp3) is 0.583. The van der Waals surface area contributed by atoms with Gasteiger partial charge in [-0.3, -0.25) is 14.6 Å². The third-order valence-electron chi connectivity index (χ3n) is 3.34. The van der Waals surface area contributed by atoms with Crippen molar-refractivity contribution < 1.29 is 14.7 Å². The maximum Gasteiger partial charge on any atom is 0.308 e. The predicted octanol–water partition coefficient (Wildman–Crippen LogP) is 1.92. The Hall–Kier alpha value is -1.43. The van der Waals surface area contributed by atoms with Gasteiger partial charge in [0.1, 0.15) is 0 Å². The summed E-state index contributed by atoms with van der Waals surface area (Å²) in [5, 5.41) is 9.38. The molecule has 1 aliphatic rings. The molecule has 1 N–H and O–H groups in total. The number of carbonyl (C=O) groups is 2. The summed E-state index contributed by atoms with van der Waals surface area (Å²) in [7, 11) is 0. The van der Waals surface area contributed by atoms with Gasteiger partial charge in [-0.2, -0.15) is 0 Å². The van der Waals surface area contributed by atoms with Crippen LogP contribution in [0.4, 0.5) is 0 Å². The summed E-state index contributed by atoms with van der Waals surface area (Å²) < 4.78 is 0. The Morgan fingerprint density at radius 2 is 2.44 bits per heavy atom. The van der Waals surface area contributed by atoms with Gasteiger partial charge in [0.05, 0.1) is 17.5 Å². The number of carbonyl (C=O) groups excluding carboxylic acids is 1. The van der Waals surface area contributed by atoms with Gasteiger partial charge in [-0.25, -0.2) is 0 Å². The van der Waals surface area contributed by atoms with Crippen molar-refractivity contribution >= 4 is 23.2 Å². The van der Waals surface area contributed by atoms with Crippen molar-refractivity contribution in [1.82, 2.24) is 9.88 Å². The van der Waals surface area contributed by atoms with Crippen molar-refractivity contribution in [2.45, 2.75) is 32.2 Å². The minimum absolute atomic E-state index is 0.0413. The number of aliphatic carboxylic acids is 1. The smallest absolute Gasteiger partial charge is 0.308 e. The molecule has 98 valence electrons. The van der Waals surface area contributed by atoms with E-state index in [1.165, 1.54) is 11.3 Å². The van der Waals surface area contributed by atoms with Crippen molar-refractivity contribution in [1.29, 1.82) is 0 Å². The molecular formula is C12H16N2O3S. The molecule has 1 fully saturated rings. The highest BCUT2D eigenvalue weighted by molar-refractivity contribution is 7.09. The number of carboxylic acids is 1. The average molecular weight is 268 g/mol. The second kappa shape index (κ2) is 5.48. The zero-order chi connectivity index (χ0) is 13.1. The highest BCUT2D eigenvalue weighted by Gasteiger charge is 2.38. The predicted molar refractivity (Wildman–Crippen MR) is 67.2 cm³/mol. The van der Waals surface area contributed by atoms with E-state index in [-0.39, 0.29) is 11.9 Å². The number of likely N-dealkylation sites (tertiary alicyclic amines) is 1. The lowest BCUT2D eigenvalue weighted by atomic mass is 9.94. The molecule has 2 atom stereocenters. The number of rotatable bonds is 3. The fourth-order valence-electron chi connectivity index (χ4n) is 2.50. The lowest BCUT2D eigenvalue weighted by molar-refractivity contribution is -0.145. The molecule has 6 heteroatoms. The average Bonchev–Trinajstić information content (AvgIpc) is 2.79. The molecule has 0 aliphatic carbocycles. The Labute approximate surface area is 109 Å². The van der Waals surface area contributed by atoms with Crippen LogP contribution in [0.3, 0.4) is 0 Å². The van der Waals surface area contributed by atoms with Gasteiger partial charge in [-0.15, -0.1) is 11.3 Å². The van der Waals surface area contributed by atoms with Crippen LogP contribution in [0.1, 0.15) is 37.1 Å². The van der Waals surface area contributed by atoms with E-state index < -0.39 is 11.9 Å². The topological polar surface area (TPSA) is 70.5 Å². The molecule has 2 unspecified atom stereocenters. The first-order valence-corrected chi connectivity index (χ1v) is 6.93. The van der Waals surface area contributed by atoms with Crippen molar-refractivity contribution in [3.05, 3.63) is 16.6 Å². The molecule has 1 saturated heterocycles. The summed E-state index contributed by atoms with van der Waals surface area (Å²) in [6.07, 6.45) is 3.29. The van der Waals surface area contributed by atoms with Crippen LogP contribution in [0.5, 0.6) is 0 Å². The van der Waals surface area contributed by atoms with Crippen LogP contribution < -0.4 is 0 Å². The molecule has 5 nitrogen and oxygen atoms in total. The summed E-state index contributed by atoms with van der Waals surface area (Å²) in [5.74, 6) is -1.32. The molecule has 0 radical (unpaired) electrons. The number of nitrogens with zero attached hydrogens (tertiary/aromatic N) is 2. The van der Waals surface area contributed by atoms with Gasteiger partial charge in [0, 0.05) is 24.0 Å². The Bertz CT molecular complexity index is 431.